The standard InChI is InChI=1S/C29H26ClN5O9S2/c1-42-18-8-2-14(3-9-18)11-43-28(41)22-16(10-30)12-45-26-21(25(38)35(22)26)33-24(37)20(19-13-46-29(31)32-19)34-44-23(27(39)40)15-4-6-17(36)7-5-15/h2-9,13,21,23,26,36H,10-12H2,1H3,(H2,31,32)(H,33,37)(H,39,40)/b34-20-/t21-,23+,26-/m1/s1. The number of phenols is 1. The predicted octanol–water partition coefficient (Wildman–Crippen LogP) is 2.62. The van der Waals surface area contributed by atoms with E-state index in [1.807, 2.05) is 0 Å². The third-order valence-corrected chi connectivity index (χ3v) is 9.20. The summed E-state index contributed by atoms with van der Waals surface area (Å²) in [6.45, 7) is -0.0556. The molecule has 0 bridgehead atoms. The molecule has 5 N–H and O–H groups in total. The van der Waals surface area contributed by atoms with Gasteiger partial charge in [0.1, 0.15) is 40.9 Å². The number of nitrogens with zero attached hydrogens (tertiary/aromatic N) is 3. The normalized spacial score (nSPS) is 18.3. The number of carbonyl (C=O) groups excluding carboxylic acids is 3. The fourth-order valence-corrected chi connectivity index (χ4v) is 6.75. The molecule has 1 fully saturated rings. The highest BCUT2D eigenvalue weighted by Crippen LogP contribution is 2.41. The quantitative estimate of drug-likeness (QED) is 0.0714. The predicted molar refractivity (Wildman–Crippen MR) is 168 cm³/mol. The Hall–Kier alpha value is -4.80. The minimum Gasteiger partial charge on any atom is -0.508 e. The van der Waals surface area contributed by atoms with Crippen molar-refractivity contribution in [2.75, 3.05) is 24.5 Å². The summed E-state index contributed by atoms with van der Waals surface area (Å²) in [6, 6.07) is 11.1. The highest BCUT2D eigenvalue weighted by Gasteiger charge is 2.54. The number of amides is 2. The van der Waals surface area contributed by atoms with Crippen LogP contribution in [0.15, 0.2) is 70.3 Å². The lowest BCUT2D eigenvalue weighted by atomic mass is 10.0. The number of thioether (sulfide) groups is 1. The monoisotopic (exact) mass is 687 g/mol. The molecule has 2 aromatic carbocycles. The van der Waals surface area contributed by atoms with Gasteiger partial charge in [-0.25, -0.2) is 14.6 Å². The van der Waals surface area contributed by atoms with Gasteiger partial charge in [0.15, 0.2) is 10.8 Å². The second kappa shape index (κ2) is 14.1. The average Bonchev–Trinajstić information content (AvgIpc) is 3.49. The highest BCUT2D eigenvalue weighted by atomic mass is 35.5. The van der Waals surface area contributed by atoms with E-state index in [0.29, 0.717) is 22.6 Å². The molecule has 17 heteroatoms. The van der Waals surface area contributed by atoms with Gasteiger partial charge in [-0.1, -0.05) is 29.4 Å². The number of rotatable bonds is 12. The van der Waals surface area contributed by atoms with Gasteiger partial charge < -0.3 is 35.6 Å². The molecule has 1 saturated heterocycles. The Morgan fingerprint density at radius 1 is 1.20 bits per heavy atom. The minimum absolute atomic E-state index is 0.0121. The molecule has 0 spiro atoms. The molecule has 14 nitrogen and oxygen atoms in total. The number of phenolic OH excluding ortho intramolecular Hbond substituents is 1. The number of fused-ring (bicyclic) bond motifs is 1. The number of oxime groups is 1. The number of nitrogen functional groups attached to an aromatic ring is 1. The second-order valence-corrected chi connectivity index (χ2v) is 12.1. The molecule has 2 aliphatic heterocycles. The number of alkyl halides is 1. The van der Waals surface area contributed by atoms with Crippen molar-refractivity contribution in [1.82, 2.24) is 15.2 Å². The molecule has 3 aromatic rings. The fraction of sp³-hybridized carbons (Fsp3) is 0.241. The van der Waals surface area contributed by atoms with E-state index in [2.05, 4.69) is 15.5 Å². The summed E-state index contributed by atoms with van der Waals surface area (Å²) in [5, 5.41) is 26.5. The molecule has 5 rings (SSSR count). The van der Waals surface area contributed by atoms with E-state index in [1.165, 1.54) is 53.4 Å². The molecule has 240 valence electrons. The second-order valence-electron chi connectivity index (χ2n) is 9.80. The van der Waals surface area contributed by atoms with Crippen LogP contribution in [-0.2, 0) is 35.4 Å². The lowest BCUT2D eigenvalue weighted by molar-refractivity contribution is -0.153. The number of carboxylic acid groups (broad SMARTS) is 1. The lowest BCUT2D eigenvalue weighted by Crippen LogP contribution is -2.71. The number of halogens is 1. The zero-order chi connectivity index (χ0) is 33.0. The number of esters is 1. The first kappa shape index (κ1) is 32.6. The van der Waals surface area contributed by atoms with Crippen LogP contribution in [0, 0.1) is 0 Å². The van der Waals surface area contributed by atoms with Crippen LogP contribution in [0.5, 0.6) is 11.5 Å². The van der Waals surface area contributed by atoms with Crippen LogP contribution < -0.4 is 15.8 Å². The summed E-state index contributed by atoms with van der Waals surface area (Å²) in [5.41, 5.74) is 6.68. The molecule has 0 radical (unpaired) electrons. The largest absolute Gasteiger partial charge is 0.508 e. The zero-order valence-electron chi connectivity index (χ0n) is 23.9. The number of aliphatic carboxylic acids is 1. The molecular weight excluding hydrogens is 662 g/mol. The van der Waals surface area contributed by atoms with Crippen LogP contribution in [0.4, 0.5) is 5.13 Å². The first-order chi connectivity index (χ1) is 22.1. The topological polar surface area (TPSA) is 203 Å². The van der Waals surface area contributed by atoms with Gasteiger partial charge >= 0.3 is 11.9 Å². The Labute approximate surface area is 274 Å². The maximum Gasteiger partial charge on any atom is 0.355 e. The highest BCUT2D eigenvalue weighted by molar-refractivity contribution is 8.00. The van der Waals surface area contributed by atoms with Crippen LogP contribution >= 0.6 is 34.7 Å². The molecule has 3 heterocycles. The molecule has 2 aliphatic rings. The number of anilines is 1. The van der Waals surface area contributed by atoms with Gasteiger partial charge in [-0.3, -0.25) is 14.5 Å². The first-order valence-corrected chi connectivity index (χ1v) is 15.9. The Bertz CT molecular complexity index is 1710. The molecule has 0 saturated carbocycles. The van der Waals surface area contributed by atoms with Gasteiger partial charge in [0.25, 0.3) is 11.8 Å². The minimum atomic E-state index is -1.64. The average molecular weight is 688 g/mol. The molecule has 0 aliphatic carbocycles. The lowest BCUT2D eigenvalue weighted by Gasteiger charge is -2.49. The van der Waals surface area contributed by atoms with E-state index < -0.39 is 47.0 Å². The summed E-state index contributed by atoms with van der Waals surface area (Å²) < 4.78 is 10.6. The zero-order valence-corrected chi connectivity index (χ0v) is 26.3. The molecule has 2 amide bonds. The number of benzene rings is 2. The fourth-order valence-electron chi connectivity index (χ4n) is 4.53. The summed E-state index contributed by atoms with van der Waals surface area (Å²) in [5.74, 6) is -2.79. The Morgan fingerprint density at radius 2 is 1.91 bits per heavy atom. The van der Waals surface area contributed by atoms with Crippen molar-refractivity contribution in [3.63, 3.8) is 0 Å². The number of aromatic nitrogens is 1. The van der Waals surface area contributed by atoms with Gasteiger partial charge in [-0.15, -0.1) is 34.7 Å². The van der Waals surface area contributed by atoms with Gasteiger partial charge in [-0.2, -0.15) is 0 Å². The van der Waals surface area contributed by atoms with E-state index in [1.54, 1.807) is 24.3 Å². The van der Waals surface area contributed by atoms with Crippen molar-refractivity contribution < 1.29 is 43.7 Å². The number of nitrogens with two attached hydrogens (primary N) is 1. The number of aromatic hydroxyl groups is 1. The van der Waals surface area contributed by atoms with Gasteiger partial charge in [0.2, 0.25) is 6.10 Å². The van der Waals surface area contributed by atoms with Crippen LogP contribution in [0.2, 0.25) is 0 Å². The first-order valence-electron chi connectivity index (χ1n) is 13.4. The van der Waals surface area contributed by atoms with Crippen molar-refractivity contribution in [3.8, 4) is 11.5 Å². The van der Waals surface area contributed by atoms with Crippen LogP contribution in [0.1, 0.15) is 22.9 Å². The number of hydrogen-bond acceptors (Lipinski definition) is 13. The van der Waals surface area contributed by atoms with Gasteiger partial charge in [0.05, 0.1) is 7.11 Å². The van der Waals surface area contributed by atoms with Crippen LogP contribution in [0.3, 0.4) is 0 Å². The number of thiazole rings is 1. The van der Waals surface area contributed by atoms with Gasteiger partial charge in [-0.05, 0) is 35.4 Å². The Morgan fingerprint density at radius 3 is 2.52 bits per heavy atom. The van der Waals surface area contributed by atoms with Crippen molar-refractivity contribution >= 4 is 69.3 Å². The SMILES string of the molecule is COc1ccc(COC(=O)C2=C(CCl)CS[C@@H]3[C@H](NC(=O)/C(=N\O[C@H](C(=O)O)c4ccc(O)cc4)c4csc(N)n4)C(=O)N23)cc1. The van der Waals surface area contributed by atoms with Crippen LogP contribution in [0.25, 0.3) is 0 Å². The number of hydrogen-bond donors (Lipinski definition) is 4. The number of methoxy groups -OCH3 is 1. The molecule has 1 aromatic heterocycles. The number of nitrogens with one attached hydrogen (secondary N) is 1. The number of β-lactam (4-membered cyclic amide) rings is 1. The van der Waals surface area contributed by atoms with Crippen LogP contribution in [-0.4, -0.2) is 79.7 Å². The number of carbonyl (C=O) groups is 4. The molecule has 0 unspecified atom stereocenters. The third kappa shape index (κ3) is 6.88. The van der Waals surface area contributed by atoms with Crippen molar-refractivity contribution in [2.45, 2.75) is 24.1 Å². The Balaban J connectivity index is 1.32. The van der Waals surface area contributed by atoms with Gasteiger partial charge in [0, 0.05) is 22.6 Å². The number of carboxylic acids is 1. The summed E-state index contributed by atoms with van der Waals surface area (Å²) >= 11 is 8.42. The molecule has 3 atom stereocenters. The number of ether oxygens (including phenoxy) is 2. The van der Waals surface area contributed by atoms with E-state index in [9.17, 15) is 29.4 Å². The van der Waals surface area contributed by atoms with Crippen molar-refractivity contribution in [2.24, 2.45) is 5.16 Å². The van der Waals surface area contributed by atoms with E-state index in [-0.39, 0.29) is 40.3 Å². The summed E-state index contributed by atoms with van der Waals surface area (Å²) in [4.78, 5) is 62.6. The third-order valence-electron chi connectivity index (χ3n) is 6.87. The van der Waals surface area contributed by atoms with E-state index >= 15 is 0 Å². The molecule has 46 heavy (non-hydrogen) atoms. The summed E-state index contributed by atoms with van der Waals surface area (Å²) in [6.07, 6.45) is -1.64. The Kier molecular flexibility index (Phi) is 9.99. The van der Waals surface area contributed by atoms with E-state index in [4.69, 9.17) is 31.6 Å². The van der Waals surface area contributed by atoms with Crippen molar-refractivity contribution in [3.05, 3.63) is 82.0 Å². The maximum absolute atomic E-state index is 13.5. The summed E-state index contributed by atoms with van der Waals surface area (Å²) in [7, 11) is 1.54. The van der Waals surface area contributed by atoms with Crippen molar-refractivity contribution in [1.29, 1.82) is 0 Å². The smallest absolute Gasteiger partial charge is 0.355 e. The molecular formula is C29H26ClN5O9S2. The maximum atomic E-state index is 13.5. The van der Waals surface area contributed by atoms with E-state index in [0.717, 1.165) is 11.3 Å².